The number of carbonyl (C=O) groups excluding carboxylic acids is 1. The van der Waals surface area contributed by atoms with Crippen molar-refractivity contribution in [1.29, 1.82) is 0 Å². The van der Waals surface area contributed by atoms with E-state index in [1.165, 1.54) is 0 Å². The van der Waals surface area contributed by atoms with Gasteiger partial charge in [0, 0.05) is 25.3 Å². The lowest BCUT2D eigenvalue weighted by Gasteiger charge is -2.17. The molecule has 1 aromatic heterocycles. The first-order valence-electron chi connectivity index (χ1n) is 8.38. The topological polar surface area (TPSA) is 59.4 Å². The fourth-order valence-corrected chi connectivity index (χ4v) is 2.92. The van der Waals surface area contributed by atoms with E-state index in [0.717, 1.165) is 16.9 Å². The van der Waals surface area contributed by atoms with Crippen molar-refractivity contribution in [3.8, 4) is 11.4 Å². The van der Waals surface area contributed by atoms with E-state index in [1.54, 1.807) is 36.2 Å². The van der Waals surface area contributed by atoms with Crippen LogP contribution >= 0.6 is 11.6 Å². The van der Waals surface area contributed by atoms with Crippen molar-refractivity contribution < 1.29 is 9.53 Å². The van der Waals surface area contributed by atoms with Gasteiger partial charge in [-0.3, -0.25) is 4.79 Å². The molecular formula is C20H21ClN4O2. The highest BCUT2D eigenvalue weighted by Crippen LogP contribution is 2.28. The Labute approximate surface area is 163 Å². The number of amides is 1. The van der Waals surface area contributed by atoms with Crippen molar-refractivity contribution in [3.63, 3.8) is 0 Å². The molecule has 0 aliphatic heterocycles. The Hall–Kier alpha value is -2.99. The zero-order chi connectivity index (χ0) is 19.6. The highest BCUT2D eigenvalue weighted by atomic mass is 35.5. The van der Waals surface area contributed by atoms with E-state index in [0.29, 0.717) is 22.2 Å². The highest BCUT2D eigenvalue weighted by Gasteiger charge is 2.15. The Bertz CT molecular complexity index is 982. The molecule has 0 spiro atoms. The van der Waals surface area contributed by atoms with Crippen LogP contribution in [0.15, 0.2) is 48.7 Å². The molecule has 0 saturated carbocycles. The number of benzene rings is 2. The predicted molar refractivity (Wildman–Crippen MR) is 109 cm³/mol. The molecule has 6 nitrogen and oxygen atoms in total. The van der Waals surface area contributed by atoms with Gasteiger partial charge < -0.3 is 15.0 Å². The molecule has 1 heterocycles. The summed E-state index contributed by atoms with van der Waals surface area (Å²) in [7, 11) is 5.41. The van der Waals surface area contributed by atoms with Gasteiger partial charge in [-0.25, -0.2) is 4.68 Å². The third-order valence-corrected chi connectivity index (χ3v) is 4.33. The maximum absolute atomic E-state index is 12.7. The molecule has 27 heavy (non-hydrogen) atoms. The van der Waals surface area contributed by atoms with Crippen LogP contribution in [0.5, 0.6) is 5.75 Å². The second-order valence-electron chi connectivity index (χ2n) is 6.33. The van der Waals surface area contributed by atoms with Crippen LogP contribution in [0.3, 0.4) is 0 Å². The maximum atomic E-state index is 12.7. The van der Waals surface area contributed by atoms with E-state index in [2.05, 4.69) is 10.4 Å². The van der Waals surface area contributed by atoms with Crippen LogP contribution in [0.4, 0.5) is 11.4 Å². The summed E-state index contributed by atoms with van der Waals surface area (Å²) < 4.78 is 7.02. The molecule has 140 valence electrons. The Morgan fingerprint density at radius 1 is 1.19 bits per heavy atom. The van der Waals surface area contributed by atoms with Crippen molar-refractivity contribution in [2.24, 2.45) is 0 Å². The van der Waals surface area contributed by atoms with Crippen LogP contribution in [-0.2, 0) is 0 Å². The number of nitrogens with zero attached hydrogens (tertiary/aromatic N) is 3. The quantitative estimate of drug-likeness (QED) is 0.717. The van der Waals surface area contributed by atoms with Crippen molar-refractivity contribution in [2.45, 2.75) is 6.92 Å². The lowest BCUT2D eigenvalue weighted by Crippen LogP contribution is -2.17. The summed E-state index contributed by atoms with van der Waals surface area (Å²) in [5, 5.41) is 7.83. The Morgan fingerprint density at radius 3 is 2.67 bits per heavy atom. The van der Waals surface area contributed by atoms with Gasteiger partial charge in [-0.2, -0.15) is 5.10 Å². The molecule has 0 saturated heterocycles. The molecule has 1 N–H and O–H groups in total. The smallest absolute Gasteiger partial charge is 0.276 e. The van der Waals surface area contributed by atoms with Gasteiger partial charge in [-0.05, 0) is 48.9 Å². The largest absolute Gasteiger partial charge is 0.494 e. The summed E-state index contributed by atoms with van der Waals surface area (Å²) >= 11 is 6.08. The number of nitrogens with one attached hydrogen (secondary N) is 1. The summed E-state index contributed by atoms with van der Waals surface area (Å²) in [6.45, 7) is 1.99. The molecule has 7 heteroatoms. The number of carbonyl (C=O) groups is 1. The van der Waals surface area contributed by atoms with Gasteiger partial charge in [0.2, 0.25) is 0 Å². The highest BCUT2D eigenvalue weighted by molar-refractivity contribution is 6.31. The number of aromatic nitrogens is 2. The van der Waals surface area contributed by atoms with Crippen LogP contribution in [0.2, 0.25) is 5.02 Å². The number of methoxy groups -OCH3 is 1. The second kappa shape index (κ2) is 7.72. The molecule has 0 aliphatic carbocycles. The molecule has 3 rings (SSSR count). The first kappa shape index (κ1) is 18.8. The number of ether oxygens (including phenoxy) is 1. The van der Waals surface area contributed by atoms with E-state index in [1.807, 2.05) is 50.2 Å². The lowest BCUT2D eigenvalue weighted by atomic mass is 10.2. The maximum Gasteiger partial charge on any atom is 0.276 e. The van der Waals surface area contributed by atoms with Crippen LogP contribution in [0.1, 0.15) is 16.1 Å². The van der Waals surface area contributed by atoms with E-state index >= 15 is 0 Å². The zero-order valence-electron chi connectivity index (χ0n) is 15.7. The first-order chi connectivity index (χ1) is 12.9. The Morgan fingerprint density at radius 2 is 1.96 bits per heavy atom. The molecule has 0 aliphatic rings. The predicted octanol–water partition coefficient (Wildman–Crippen LogP) is 4.16. The van der Waals surface area contributed by atoms with Crippen LogP contribution in [0.25, 0.3) is 5.69 Å². The summed E-state index contributed by atoms with van der Waals surface area (Å²) in [5.41, 5.74) is 3.62. The molecule has 1 amide bonds. The van der Waals surface area contributed by atoms with Gasteiger partial charge in [0.05, 0.1) is 18.5 Å². The minimum Gasteiger partial charge on any atom is -0.494 e. The Kier molecular flexibility index (Phi) is 5.37. The minimum atomic E-state index is -0.314. The average Bonchev–Trinajstić information content (AvgIpc) is 3.11. The van der Waals surface area contributed by atoms with Gasteiger partial charge in [0.25, 0.3) is 5.91 Å². The van der Waals surface area contributed by atoms with Crippen molar-refractivity contribution in [3.05, 3.63) is 64.9 Å². The van der Waals surface area contributed by atoms with Gasteiger partial charge >= 0.3 is 0 Å². The summed E-state index contributed by atoms with van der Waals surface area (Å²) in [5.74, 6) is 0.367. The standard InChI is InChI=1S/C20H21ClN4O2/c1-13-5-8-19(27-4)18(11-13)25-10-9-15(23-25)20(26)22-16-12-14(21)6-7-17(16)24(2)3/h5-12H,1-4H3,(H,22,26). The molecule has 0 unspecified atom stereocenters. The molecule has 2 aromatic carbocycles. The van der Waals surface area contributed by atoms with Crippen LogP contribution < -0.4 is 15.0 Å². The molecule has 0 fully saturated rings. The van der Waals surface area contributed by atoms with Gasteiger partial charge in [-0.1, -0.05) is 17.7 Å². The molecular weight excluding hydrogens is 364 g/mol. The van der Waals surface area contributed by atoms with Gasteiger partial charge in [-0.15, -0.1) is 0 Å². The number of halogens is 1. The van der Waals surface area contributed by atoms with E-state index in [9.17, 15) is 4.79 Å². The van der Waals surface area contributed by atoms with Crippen molar-refractivity contribution in [2.75, 3.05) is 31.4 Å². The zero-order valence-corrected chi connectivity index (χ0v) is 16.4. The SMILES string of the molecule is COc1ccc(C)cc1-n1ccc(C(=O)Nc2cc(Cl)ccc2N(C)C)n1. The second-order valence-corrected chi connectivity index (χ2v) is 6.77. The molecule has 0 radical (unpaired) electrons. The monoisotopic (exact) mass is 384 g/mol. The number of anilines is 2. The molecule has 0 bridgehead atoms. The normalized spacial score (nSPS) is 10.6. The van der Waals surface area contributed by atoms with Crippen LogP contribution in [-0.4, -0.2) is 36.9 Å². The number of hydrogen-bond donors (Lipinski definition) is 1. The lowest BCUT2D eigenvalue weighted by molar-refractivity contribution is 0.102. The third kappa shape index (κ3) is 4.06. The van der Waals surface area contributed by atoms with Gasteiger partial charge in [0.15, 0.2) is 5.69 Å². The van der Waals surface area contributed by atoms with Crippen molar-refractivity contribution >= 4 is 28.9 Å². The number of hydrogen-bond acceptors (Lipinski definition) is 4. The Balaban J connectivity index is 1.89. The number of rotatable bonds is 5. The fraction of sp³-hybridized carbons (Fsp3) is 0.200. The third-order valence-electron chi connectivity index (χ3n) is 4.09. The minimum absolute atomic E-state index is 0.295. The first-order valence-corrected chi connectivity index (χ1v) is 8.75. The van der Waals surface area contributed by atoms with Crippen LogP contribution in [0, 0.1) is 6.92 Å². The fourth-order valence-electron chi connectivity index (χ4n) is 2.74. The van der Waals surface area contributed by atoms with E-state index in [-0.39, 0.29) is 5.91 Å². The number of aryl methyl sites for hydroxylation is 1. The van der Waals surface area contributed by atoms with Crippen molar-refractivity contribution in [1.82, 2.24) is 9.78 Å². The summed E-state index contributed by atoms with van der Waals surface area (Å²) in [4.78, 5) is 14.6. The summed E-state index contributed by atoms with van der Waals surface area (Å²) in [6.07, 6.45) is 1.73. The summed E-state index contributed by atoms with van der Waals surface area (Å²) in [6, 6.07) is 12.8. The van der Waals surface area contributed by atoms with E-state index < -0.39 is 0 Å². The molecule has 3 aromatic rings. The molecule has 0 atom stereocenters. The van der Waals surface area contributed by atoms with E-state index in [4.69, 9.17) is 16.3 Å². The average molecular weight is 385 g/mol. The van der Waals surface area contributed by atoms with Gasteiger partial charge in [0.1, 0.15) is 11.4 Å².